The smallest absolute Gasteiger partial charge is 0.137 e. The van der Waals surface area contributed by atoms with Gasteiger partial charge in [0, 0.05) is 6.04 Å². The summed E-state index contributed by atoms with van der Waals surface area (Å²) in [6.07, 6.45) is 1.71. The van der Waals surface area contributed by atoms with E-state index in [1.54, 1.807) is 6.07 Å². The van der Waals surface area contributed by atoms with Gasteiger partial charge >= 0.3 is 0 Å². The summed E-state index contributed by atoms with van der Waals surface area (Å²) >= 11 is 3.25. The van der Waals surface area contributed by atoms with Gasteiger partial charge in [-0.1, -0.05) is 26.0 Å². The number of benzene rings is 1. The van der Waals surface area contributed by atoms with Crippen LogP contribution in [0, 0.1) is 11.7 Å². The molecule has 0 radical (unpaired) electrons. The van der Waals surface area contributed by atoms with Crippen LogP contribution in [0.3, 0.4) is 0 Å². The number of aryl methyl sites for hydroxylation is 1. The van der Waals surface area contributed by atoms with Gasteiger partial charge in [0.25, 0.3) is 0 Å². The fourth-order valence-corrected chi connectivity index (χ4v) is 1.86. The number of nitrogens with two attached hydrogens (primary N) is 1. The molecule has 15 heavy (non-hydrogen) atoms. The summed E-state index contributed by atoms with van der Waals surface area (Å²) in [7, 11) is 0. The first-order chi connectivity index (χ1) is 7.02. The van der Waals surface area contributed by atoms with Crippen molar-refractivity contribution < 1.29 is 4.39 Å². The third kappa shape index (κ3) is 3.58. The highest BCUT2D eigenvalue weighted by molar-refractivity contribution is 9.10. The molecule has 0 aliphatic carbocycles. The first kappa shape index (κ1) is 12.7. The molecule has 0 bridgehead atoms. The summed E-state index contributed by atoms with van der Waals surface area (Å²) in [5.41, 5.74) is 6.94. The molecule has 0 aliphatic heterocycles. The zero-order valence-corrected chi connectivity index (χ0v) is 10.7. The van der Waals surface area contributed by atoms with Crippen LogP contribution in [0.1, 0.15) is 25.8 Å². The van der Waals surface area contributed by atoms with Crippen LogP contribution in [0.15, 0.2) is 22.7 Å². The van der Waals surface area contributed by atoms with Crippen molar-refractivity contribution in [2.75, 3.05) is 0 Å². The van der Waals surface area contributed by atoms with E-state index in [1.807, 2.05) is 6.07 Å². The Morgan fingerprint density at radius 3 is 2.67 bits per heavy atom. The number of hydrogen-bond donors (Lipinski definition) is 1. The van der Waals surface area contributed by atoms with Gasteiger partial charge in [-0.05, 0) is 46.3 Å². The van der Waals surface area contributed by atoms with Crippen LogP contribution in [0.5, 0.6) is 0 Å². The van der Waals surface area contributed by atoms with E-state index in [2.05, 4.69) is 29.8 Å². The molecule has 0 aromatic heterocycles. The van der Waals surface area contributed by atoms with Gasteiger partial charge in [0.1, 0.15) is 5.82 Å². The normalized spacial score (nSPS) is 13.2. The molecule has 1 nitrogen and oxygen atoms in total. The lowest BCUT2D eigenvalue weighted by molar-refractivity contribution is 0.463. The highest BCUT2D eigenvalue weighted by atomic mass is 79.9. The summed E-state index contributed by atoms with van der Waals surface area (Å²) < 4.78 is 13.8. The lowest BCUT2D eigenvalue weighted by atomic mass is 9.98. The van der Waals surface area contributed by atoms with Crippen LogP contribution in [-0.4, -0.2) is 6.04 Å². The largest absolute Gasteiger partial charge is 0.327 e. The molecule has 0 saturated heterocycles. The van der Waals surface area contributed by atoms with Gasteiger partial charge in [-0.25, -0.2) is 4.39 Å². The molecule has 0 saturated carbocycles. The molecule has 0 heterocycles. The lowest BCUT2D eigenvalue weighted by Crippen LogP contribution is -2.26. The summed E-state index contributed by atoms with van der Waals surface area (Å²) in [6, 6.07) is 5.30. The van der Waals surface area contributed by atoms with E-state index in [0.29, 0.717) is 10.4 Å². The summed E-state index contributed by atoms with van der Waals surface area (Å²) in [4.78, 5) is 0. The minimum Gasteiger partial charge on any atom is -0.327 e. The van der Waals surface area contributed by atoms with Crippen molar-refractivity contribution >= 4 is 15.9 Å². The highest BCUT2D eigenvalue weighted by Gasteiger charge is 2.10. The lowest BCUT2D eigenvalue weighted by Gasteiger charge is -2.15. The Kier molecular flexibility index (Phi) is 4.74. The Labute approximate surface area is 99.0 Å². The monoisotopic (exact) mass is 273 g/mol. The maximum atomic E-state index is 13.2. The van der Waals surface area contributed by atoms with E-state index in [9.17, 15) is 4.39 Å². The predicted molar refractivity (Wildman–Crippen MR) is 65.2 cm³/mol. The molecular formula is C12H17BrFN. The van der Waals surface area contributed by atoms with Crippen LogP contribution in [0.2, 0.25) is 0 Å². The van der Waals surface area contributed by atoms with Gasteiger partial charge < -0.3 is 5.73 Å². The highest BCUT2D eigenvalue weighted by Crippen LogP contribution is 2.22. The molecule has 3 heteroatoms. The second kappa shape index (κ2) is 5.61. The second-order valence-corrected chi connectivity index (χ2v) is 4.95. The topological polar surface area (TPSA) is 26.0 Å². The molecule has 0 fully saturated rings. The summed E-state index contributed by atoms with van der Waals surface area (Å²) in [6.45, 7) is 4.20. The van der Waals surface area contributed by atoms with Crippen LogP contribution in [0.4, 0.5) is 4.39 Å². The second-order valence-electron chi connectivity index (χ2n) is 4.16. The Balaban J connectivity index is 2.62. The molecule has 0 spiro atoms. The molecule has 1 atom stereocenters. The summed E-state index contributed by atoms with van der Waals surface area (Å²) in [5.74, 6) is 0.267. The minimum atomic E-state index is -0.203. The van der Waals surface area contributed by atoms with E-state index in [-0.39, 0.29) is 11.9 Å². The van der Waals surface area contributed by atoms with Gasteiger partial charge in [-0.15, -0.1) is 0 Å². The van der Waals surface area contributed by atoms with E-state index in [4.69, 9.17) is 5.73 Å². The molecule has 1 unspecified atom stereocenters. The third-order valence-electron chi connectivity index (χ3n) is 2.63. The first-order valence-corrected chi connectivity index (χ1v) is 6.00. The number of hydrogen-bond acceptors (Lipinski definition) is 1. The quantitative estimate of drug-likeness (QED) is 0.893. The molecule has 1 aromatic rings. The predicted octanol–water partition coefficient (Wildman–Crippen LogP) is 3.50. The van der Waals surface area contributed by atoms with Crippen molar-refractivity contribution in [2.45, 2.75) is 32.7 Å². The van der Waals surface area contributed by atoms with Crippen molar-refractivity contribution in [1.29, 1.82) is 0 Å². The fraction of sp³-hybridized carbons (Fsp3) is 0.500. The number of rotatable bonds is 4. The van der Waals surface area contributed by atoms with Crippen molar-refractivity contribution in [1.82, 2.24) is 0 Å². The van der Waals surface area contributed by atoms with Gasteiger partial charge in [-0.2, -0.15) is 0 Å². The maximum absolute atomic E-state index is 13.2. The molecule has 2 N–H and O–H groups in total. The third-order valence-corrected chi connectivity index (χ3v) is 3.52. The first-order valence-electron chi connectivity index (χ1n) is 5.21. The molecule has 1 aromatic carbocycles. The van der Waals surface area contributed by atoms with Gasteiger partial charge in [-0.3, -0.25) is 0 Å². The Hall–Kier alpha value is -0.410. The molecule has 0 amide bonds. The van der Waals surface area contributed by atoms with E-state index in [0.717, 1.165) is 18.4 Å². The Morgan fingerprint density at radius 2 is 2.07 bits per heavy atom. The van der Waals surface area contributed by atoms with Gasteiger partial charge in [0.15, 0.2) is 0 Å². The van der Waals surface area contributed by atoms with E-state index < -0.39 is 0 Å². The zero-order chi connectivity index (χ0) is 11.4. The van der Waals surface area contributed by atoms with Crippen molar-refractivity contribution in [3.63, 3.8) is 0 Å². The van der Waals surface area contributed by atoms with E-state index >= 15 is 0 Å². The van der Waals surface area contributed by atoms with Crippen LogP contribution in [0.25, 0.3) is 0 Å². The SMILES string of the molecule is CC(C)C(N)CCc1cccc(F)c1Br. The average molecular weight is 274 g/mol. The van der Waals surface area contributed by atoms with Crippen LogP contribution >= 0.6 is 15.9 Å². The standard InChI is InChI=1S/C12H17BrFN/c1-8(2)11(15)7-6-9-4-3-5-10(14)12(9)13/h3-5,8,11H,6-7,15H2,1-2H3. The van der Waals surface area contributed by atoms with Crippen molar-refractivity contribution in [2.24, 2.45) is 11.7 Å². The number of halogens is 2. The fourth-order valence-electron chi connectivity index (χ4n) is 1.40. The Bertz CT molecular complexity index is 325. The van der Waals surface area contributed by atoms with Crippen molar-refractivity contribution in [3.8, 4) is 0 Å². The van der Waals surface area contributed by atoms with Crippen molar-refractivity contribution in [3.05, 3.63) is 34.1 Å². The summed E-state index contributed by atoms with van der Waals surface area (Å²) in [5, 5.41) is 0. The van der Waals surface area contributed by atoms with Crippen LogP contribution < -0.4 is 5.73 Å². The zero-order valence-electron chi connectivity index (χ0n) is 9.13. The maximum Gasteiger partial charge on any atom is 0.137 e. The average Bonchev–Trinajstić information content (AvgIpc) is 2.19. The molecular weight excluding hydrogens is 257 g/mol. The molecule has 0 aliphatic rings. The Morgan fingerprint density at radius 1 is 1.40 bits per heavy atom. The molecule has 1 rings (SSSR count). The van der Waals surface area contributed by atoms with Crippen LogP contribution in [-0.2, 0) is 6.42 Å². The molecule has 84 valence electrons. The van der Waals surface area contributed by atoms with Gasteiger partial charge in [0.2, 0.25) is 0 Å². The van der Waals surface area contributed by atoms with E-state index in [1.165, 1.54) is 6.07 Å². The minimum absolute atomic E-state index is 0.181. The van der Waals surface area contributed by atoms with Gasteiger partial charge in [0.05, 0.1) is 4.47 Å².